The van der Waals surface area contributed by atoms with Crippen molar-refractivity contribution in [2.45, 2.75) is 39.7 Å². The molecule has 1 aromatic rings. The van der Waals surface area contributed by atoms with Crippen molar-refractivity contribution in [3.8, 4) is 5.75 Å². The van der Waals surface area contributed by atoms with Crippen LogP contribution in [0.2, 0.25) is 0 Å². The van der Waals surface area contributed by atoms with E-state index in [4.69, 9.17) is 4.74 Å². The zero-order valence-corrected chi connectivity index (χ0v) is 16.2. The van der Waals surface area contributed by atoms with E-state index in [2.05, 4.69) is 5.32 Å². The summed E-state index contributed by atoms with van der Waals surface area (Å²) in [4.78, 5) is 12.6. The first kappa shape index (κ1) is 19.7. The molecule has 0 aliphatic carbocycles. The van der Waals surface area contributed by atoms with Gasteiger partial charge in [0.25, 0.3) is 0 Å². The van der Waals surface area contributed by atoms with Gasteiger partial charge >= 0.3 is 0 Å². The number of ether oxygens (including phenoxy) is 1. The lowest BCUT2D eigenvalue weighted by Gasteiger charge is -2.31. The second-order valence-electron chi connectivity index (χ2n) is 6.55. The van der Waals surface area contributed by atoms with E-state index in [9.17, 15) is 13.2 Å². The van der Waals surface area contributed by atoms with Crippen LogP contribution < -0.4 is 10.1 Å². The van der Waals surface area contributed by atoms with E-state index in [0.29, 0.717) is 25.9 Å². The molecule has 1 aliphatic heterocycles. The first-order valence-electron chi connectivity index (χ1n) is 8.71. The van der Waals surface area contributed by atoms with Gasteiger partial charge < -0.3 is 10.1 Å². The Morgan fingerprint density at radius 3 is 2.56 bits per heavy atom. The number of nitrogens with one attached hydrogen (secondary N) is 1. The number of amides is 1. The van der Waals surface area contributed by atoms with Crippen LogP contribution in [0.1, 0.15) is 43.9 Å². The standard InChI is InChI=1S/C18H28N2O4S/c1-5-25(22,23)20-10-8-15(9-11-20)18(21)19-14(3)16-12-13(2)6-7-17(16)24-4/h6-7,12,14-15H,5,8-11H2,1-4H3,(H,19,21). The third kappa shape index (κ3) is 4.73. The summed E-state index contributed by atoms with van der Waals surface area (Å²) in [6.07, 6.45) is 1.12. The number of rotatable bonds is 6. The molecule has 1 amide bonds. The molecule has 0 saturated carbocycles. The Kier molecular flexibility index (Phi) is 6.46. The lowest BCUT2D eigenvalue weighted by Crippen LogP contribution is -2.43. The molecule has 0 radical (unpaired) electrons. The highest BCUT2D eigenvalue weighted by atomic mass is 32.2. The van der Waals surface area contributed by atoms with Crippen LogP contribution in [0.25, 0.3) is 0 Å². The third-order valence-electron chi connectivity index (χ3n) is 4.79. The Balaban J connectivity index is 1.98. The molecule has 1 unspecified atom stereocenters. The predicted octanol–water partition coefficient (Wildman–Crippen LogP) is 2.24. The number of benzene rings is 1. The number of carbonyl (C=O) groups excluding carboxylic acids is 1. The Bertz CT molecular complexity index is 710. The first-order valence-corrected chi connectivity index (χ1v) is 10.3. The maximum Gasteiger partial charge on any atom is 0.223 e. The fraction of sp³-hybridized carbons (Fsp3) is 0.611. The molecule has 1 aliphatic rings. The molecular formula is C18H28N2O4S. The summed E-state index contributed by atoms with van der Waals surface area (Å²) < 4.78 is 30.7. The van der Waals surface area contributed by atoms with Gasteiger partial charge in [-0.1, -0.05) is 17.7 Å². The number of hydrogen-bond acceptors (Lipinski definition) is 4. The summed E-state index contributed by atoms with van der Waals surface area (Å²) in [5.41, 5.74) is 2.05. The van der Waals surface area contributed by atoms with E-state index in [-0.39, 0.29) is 23.6 Å². The monoisotopic (exact) mass is 368 g/mol. The van der Waals surface area contributed by atoms with Gasteiger partial charge in [0.2, 0.25) is 15.9 Å². The van der Waals surface area contributed by atoms with E-state index in [1.54, 1.807) is 14.0 Å². The number of hydrogen-bond donors (Lipinski definition) is 1. The summed E-state index contributed by atoms with van der Waals surface area (Å²) >= 11 is 0. The minimum atomic E-state index is -3.17. The zero-order chi connectivity index (χ0) is 18.6. The molecule has 6 nitrogen and oxygen atoms in total. The van der Waals surface area contributed by atoms with Gasteiger partial charge in [-0.05, 0) is 39.7 Å². The molecule has 2 rings (SSSR count). The van der Waals surface area contributed by atoms with Crippen molar-refractivity contribution in [3.63, 3.8) is 0 Å². The van der Waals surface area contributed by atoms with Gasteiger partial charge in [-0.3, -0.25) is 4.79 Å². The minimum Gasteiger partial charge on any atom is -0.496 e. The first-order chi connectivity index (χ1) is 11.8. The number of aryl methyl sites for hydroxylation is 1. The molecular weight excluding hydrogens is 340 g/mol. The molecule has 1 heterocycles. The molecule has 1 saturated heterocycles. The predicted molar refractivity (Wildman–Crippen MR) is 98.0 cm³/mol. The van der Waals surface area contributed by atoms with Crippen molar-refractivity contribution in [2.75, 3.05) is 26.0 Å². The second-order valence-corrected chi connectivity index (χ2v) is 8.81. The van der Waals surface area contributed by atoms with E-state index in [1.807, 2.05) is 32.0 Å². The van der Waals surface area contributed by atoms with Gasteiger partial charge in [0.15, 0.2) is 0 Å². The highest BCUT2D eigenvalue weighted by Gasteiger charge is 2.30. The normalized spacial score (nSPS) is 17.9. The van der Waals surface area contributed by atoms with Crippen LogP contribution in [0.15, 0.2) is 18.2 Å². The summed E-state index contributed by atoms with van der Waals surface area (Å²) in [7, 11) is -1.55. The highest BCUT2D eigenvalue weighted by molar-refractivity contribution is 7.89. The van der Waals surface area contributed by atoms with Gasteiger partial charge in [-0.25, -0.2) is 12.7 Å². The number of piperidine rings is 1. The van der Waals surface area contributed by atoms with E-state index < -0.39 is 10.0 Å². The maximum atomic E-state index is 12.6. The van der Waals surface area contributed by atoms with E-state index in [0.717, 1.165) is 16.9 Å². The molecule has 0 bridgehead atoms. The molecule has 1 aromatic carbocycles. The van der Waals surface area contributed by atoms with Gasteiger partial charge in [-0.2, -0.15) is 0 Å². The van der Waals surface area contributed by atoms with Gasteiger partial charge in [0.05, 0.1) is 18.9 Å². The Labute approximate surface area is 150 Å². The van der Waals surface area contributed by atoms with Gasteiger partial charge in [0, 0.05) is 24.6 Å². The summed E-state index contributed by atoms with van der Waals surface area (Å²) in [5, 5.41) is 3.05. The van der Waals surface area contributed by atoms with Gasteiger partial charge in [0.1, 0.15) is 5.75 Å². The maximum absolute atomic E-state index is 12.6. The van der Waals surface area contributed by atoms with Crippen LogP contribution in [0.4, 0.5) is 0 Å². The average molecular weight is 368 g/mol. The SMILES string of the molecule is CCS(=O)(=O)N1CCC(C(=O)NC(C)c2cc(C)ccc2OC)CC1. The fourth-order valence-corrected chi connectivity index (χ4v) is 4.31. The zero-order valence-electron chi connectivity index (χ0n) is 15.4. The smallest absolute Gasteiger partial charge is 0.223 e. The average Bonchev–Trinajstić information content (AvgIpc) is 2.61. The third-order valence-corrected chi connectivity index (χ3v) is 6.67. The number of methoxy groups -OCH3 is 1. The van der Waals surface area contributed by atoms with Crippen molar-refractivity contribution < 1.29 is 17.9 Å². The quantitative estimate of drug-likeness (QED) is 0.835. The Morgan fingerprint density at radius 2 is 2.00 bits per heavy atom. The van der Waals surface area contributed by atoms with Crippen molar-refractivity contribution in [1.82, 2.24) is 9.62 Å². The summed E-state index contributed by atoms with van der Waals surface area (Å²) in [6, 6.07) is 5.72. The minimum absolute atomic E-state index is 0.0235. The fourth-order valence-electron chi connectivity index (χ4n) is 3.18. The van der Waals surface area contributed by atoms with E-state index in [1.165, 1.54) is 4.31 Å². The van der Waals surface area contributed by atoms with Crippen LogP contribution in [-0.2, 0) is 14.8 Å². The van der Waals surface area contributed by atoms with Crippen molar-refractivity contribution >= 4 is 15.9 Å². The molecule has 140 valence electrons. The lowest BCUT2D eigenvalue weighted by atomic mass is 9.96. The number of sulfonamides is 1. The molecule has 1 fully saturated rings. The summed E-state index contributed by atoms with van der Waals surface area (Å²) in [6.45, 7) is 6.41. The molecule has 7 heteroatoms. The van der Waals surface area contributed by atoms with Crippen LogP contribution in [0.3, 0.4) is 0 Å². The van der Waals surface area contributed by atoms with Crippen LogP contribution >= 0.6 is 0 Å². The van der Waals surface area contributed by atoms with E-state index >= 15 is 0 Å². The van der Waals surface area contributed by atoms with Gasteiger partial charge in [-0.15, -0.1) is 0 Å². The van der Waals surface area contributed by atoms with Crippen LogP contribution in [-0.4, -0.2) is 44.6 Å². The molecule has 1 N–H and O–H groups in total. The Morgan fingerprint density at radius 1 is 1.36 bits per heavy atom. The van der Waals surface area contributed by atoms with Crippen molar-refractivity contribution in [1.29, 1.82) is 0 Å². The number of carbonyl (C=O) groups is 1. The molecule has 1 atom stereocenters. The topological polar surface area (TPSA) is 75.7 Å². The molecule has 0 aromatic heterocycles. The molecule has 0 spiro atoms. The van der Waals surface area contributed by atoms with Crippen molar-refractivity contribution in [3.05, 3.63) is 29.3 Å². The Hall–Kier alpha value is -1.60. The second kappa shape index (κ2) is 8.19. The molecule has 25 heavy (non-hydrogen) atoms. The largest absolute Gasteiger partial charge is 0.496 e. The summed E-state index contributed by atoms with van der Waals surface area (Å²) in [5.74, 6) is 0.682. The highest BCUT2D eigenvalue weighted by Crippen LogP contribution is 2.27. The van der Waals surface area contributed by atoms with Crippen LogP contribution in [0.5, 0.6) is 5.75 Å². The number of nitrogens with zero attached hydrogens (tertiary/aromatic N) is 1. The van der Waals surface area contributed by atoms with Crippen LogP contribution in [0, 0.1) is 12.8 Å². The lowest BCUT2D eigenvalue weighted by molar-refractivity contribution is -0.126. The van der Waals surface area contributed by atoms with Crippen molar-refractivity contribution in [2.24, 2.45) is 5.92 Å².